The van der Waals surface area contributed by atoms with E-state index in [0.717, 1.165) is 17.7 Å². The number of rotatable bonds is 7. The van der Waals surface area contributed by atoms with Crippen LogP contribution in [0.15, 0.2) is 58.1 Å². The van der Waals surface area contributed by atoms with E-state index in [0.29, 0.717) is 28.7 Å². The lowest BCUT2D eigenvalue weighted by Crippen LogP contribution is -2.14. The Kier molecular flexibility index (Phi) is 6.30. The Hall–Kier alpha value is -3.50. The van der Waals surface area contributed by atoms with E-state index < -0.39 is 15.1 Å². The van der Waals surface area contributed by atoms with Gasteiger partial charge in [-0.3, -0.25) is 9.97 Å². The smallest absolute Gasteiger partial charge is 0.268 e. The Morgan fingerprint density at radius 1 is 0.970 bits per heavy atom. The lowest BCUT2D eigenvalue weighted by molar-refractivity contribution is 0.581. The summed E-state index contributed by atoms with van der Waals surface area (Å²) in [5.74, 6) is 0.629. The molecule has 0 atom stereocenters. The Bertz CT molecular complexity index is 1370. The van der Waals surface area contributed by atoms with Gasteiger partial charge in [-0.15, -0.1) is 10.2 Å². The van der Waals surface area contributed by atoms with E-state index in [-0.39, 0.29) is 12.2 Å². The molecule has 172 valence electrons. The van der Waals surface area contributed by atoms with Gasteiger partial charge in [0.15, 0.2) is 9.84 Å². The van der Waals surface area contributed by atoms with Crippen molar-refractivity contribution in [3.63, 3.8) is 0 Å². The van der Waals surface area contributed by atoms with Crippen LogP contribution in [0, 0.1) is 6.92 Å². The molecule has 0 aliphatic rings. The summed E-state index contributed by atoms with van der Waals surface area (Å²) in [5, 5.41) is 10.9. The summed E-state index contributed by atoms with van der Waals surface area (Å²) in [7, 11) is -1.50. The zero-order valence-corrected chi connectivity index (χ0v) is 19.6. The molecule has 4 aromatic rings. The summed E-state index contributed by atoms with van der Waals surface area (Å²) in [6.07, 6.45) is 2.92. The SMILES string of the molecule is CNCc1ccc(-c2nnc(-c3nc(-c4ccc(S(=O)(=O)C(C)C)cn4)cnc3C)o2)cc1.[HH]. The van der Waals surface area contributed by atoms with Gasteiger partial charge in [-0.1, -0.05) is 12.1 Å². The number of hydrogen-bond donors (Lipinski definition) is 1. The van der Waals surface area contributed by atoms with Gasteiger partial charge in [-0.2, -0.15) is 0 Å². The molecule has 1 aromatic carbocycles. The monoisotopic (exact) mass is 466 g/mol. The summed E-state index contributed by atoms with van der Waals surface area (Å²) < 4.78 is 30.5. The minimum absolute atomic E-state index is 0. The molecule has 33 heavy (non-hydrogen) atoms. The van der Waals surface area contributed by atoms with Gasteiger partial charge in [0.05, 0.1) is 27.7 Å². The Labute approximate surface area is 193 Å². The van der Waals surface area contributed by atoms with Crippen LogP contribution in [0.4, 0.5) is 0 Å². The second kappa shape index (κ2) is 9.16. The third-order valence-corrected chi connectivity index (χ3v) is 7.25. The average molecular weight is 467 g/mol. The highest BCUT2D eigenvalue weighted by molar-refractivity contribution is 7.92. The van der Waals surface area contributed by atoms with Crippen molar-refractivity contribution >= 4 is 9.84 Å². The molecule has 0 bridgehead atoms. The van der Waals surface area contributed by atoms with Gasteiger partial charge >= 0.3 is 0 Å². The minimum Gasteiger partial charge on any atom is -0.415 e. The van der Waals surface area contributed by atoms with Crippen LogP contribution < -0.4 is 5.32 Å². The number of hydrogen-bond acceptors (Lipinski definition) is 9. The molecule has 3 heterocycles. The molecule has 1 N–H and O–H groups in total. The first-order valence-electron chi connectivity index (χ1n) is 10.4. The standard InChI is InChI=1S/C23H24N6O3S.H2/c1-14(2)33(30,31)18-9-10-19(26-12-18)20-13-25-15(3)21(27-20)23-29-28-22(32-23)17-7-5-16(6-8-17)11-24-4;/h5-10,12-14,24H,11H2,1-4H3;1H. The number of sulfone groups is 1. The van der Waals surface area contributed by atoms with E-state index in [9.17, 15) is 8.42 Å². The topological polar surface area (TPSA) is 124 Å². The number of nitrogens with one attached hydrogen (secondary N) is 1. The number of nitrogens with zero attached hydrogens (tertiary/aromatic N) is 5. The van der Waals surface area contributed by atoms with Crippen molar-refractivity contribution in [2.75, 3.05) is 7.05 Å². The van der Waals surface area contributed by atoms with E-state index >= 15 is 0 Å². The van der Waals surface area contributed by atoms with Crippen LogP contribution in [0.3, 0.4) is 0 Å². The molecule has 0 unspecified atom stereocenters. The Morgan fingerprint density at radius 3 is 2.33 bits per heavy atom. The Morgan fingerprint density at radius 2 is 1.70 bits per heavy atom. The largest absolute Gasteiger partial charge is 0.415 e. The van der Waals surface area contributed by atoms with Gasteiger partial charge < -0.3 is 9.73 Å². The molecule has 0 saturated carbocycles. The fourth-order valence-corrected chi connectivity index (χ4v) is 4.15. The molecule has 0 fully saturated rings. The van der Waals surface area contributed by atoms with Crippen LogP contribution in [-0.4, -0.2) is 45.9 Å². The predicted octanol–water partition coefficient (Wildman–Crippen LogP) is 3.71. The first-order valence-corrected chi connectivity index (χ1v) is 12.0. The lowest BCUT2D eigenvalue weighted by Gasteiger charge is -2.08. The molecule has 9 nitrogen and oxygen atoms in total. The maximum Gasteiger partial charge on any atom is 0.268 e. The maximum atomic E-state index is 12.3. The molecule has 0 aliphatic heterocycles. The first-order chi connectivity index (χ1) is 15.8. The van der Waals surface area contributed by atoms with Crippen LogP contribution in [0.5, 0.6) is 0 Å². The van der Waals surface area contributed by atoms with Gasteiger partial charge in [-0.25, -0.2) is 13.4 Å². The predicted molar refractivity (Wildman–Crippen MR) is 126 cm³/mol. The van der Waals surface area contributed by atoms with Crippen LogP contribution in [0.1, 0.15) is 26.5 Å². The van der Waals surface area contributed by atoms with Crippen LogP contribution in [0.2, 0.25) is 0 Å². The molecule has 0 spiro atoms. The van der Waals surface area contributed by atoms with E-state index in [1.54, 1.807) is 33.0 Å². The van der Waals surface area contributed by atoms with Gasteiger partial charge in [0.1, 0.15) is 11.4 Å². The van der Waals surface area contributed by atoms with Crippen molar-refractivity contribution in [1.29, 1.82) is 0 Å². The van der Waals surface area contributed by atoms with Crippen molar-refractivity contribution in [1.82, 2.24) is 30.5 Å². The number of aryl methyl sites for hydroxylation is 1. The normalized spacial score (nSPS) is 11.8. The van der Waals surface area contributed by atoms with Gasteiger partial charge in [0.2, 0.25) is 5.89 Å². The second-order valence-electron chi connectivity index (χ2n) is 7.80. The van der Waals surface area contributed by atoms with E-state index in [1.807, 2.05) is 31.3 Å². The molecule has 3 aromatic heterocycles. The van der Waals surface area contributed by atoms with Crippen molar-refractivity contribution < 1.29 is 14.3 Å². The molecule has 10 heteroatoms. The minimum atomic E-state index is -3.40. The highest BCUT2D eigenvalue weighted by Gasteiger charge is 2.20. The summed E-state index contributed by atoms with van der Waals surface area (Å²) in [6, 6.07) is 11.0. The zero-order chi connectivity index (χ0) is 23.6. The molecule has 0 radical (unpaired) electrons. The lowest BCUT2D eigenvalue weighted by atomic mass is 10.1. The van der Waals surface area contributed by atoms with Gasteiger partial charge in [0.25, 0.3) is 5.89 Å². The summed E-state index contributed by atoms with van der Waals surface area (Å²) in [4.78, 5) is 13.5. The highest BCUT2D eigenvalue weighted by atomic mass is 32.2. The summed E-state index contributed by atoms with van der Waals surface area (Å²) in [5.41, 5.74) is 3.98. The molecular formula is C23H26N6O3S. The first kappa shape index (κ1) is 22.7. The number of aromatic nitrogens is 5. The number of benzene rings is 1. The zero-order valence-electron chi connectivity index (χ0n) is 18.8. The summed E-state index contributed by atoms with van der Waals surface area (Å²) in [6.45, 7) is 5.84. The van der Waals surface area contributed by atoms with E-state index in [1.165, 1.54) is 12.3 Å². The molecular weight excluding hydrogens is 440 g/mol. The molecule has 4 rings (SSSR count). The van der Waals surface area contributed by atoms with E-state index in [2.05, 4.69) is 30.5 Å². The maximum absolute atomic E-state index is 12.3. The molecule has 0 aliphatic carbocycles. The van der Waals surface area contributed by atoms with Gasteiger partial charge in [-0.05, 0) is 57.6 Å². The van der Waals surface area contributed by atoms with Crippen molar-refractivity contribution in [2.45, 2.75) is 37.5 Å². The quantitative estimate of drug-likeness (QED) is 0.434. The number of pyridine rings is 1. The summed E-state index contributed by atoms with van der Waals surface area (Å²) >= 11 is 0. The van der Waals surface area contributed by atoms with Crippen molar-refractivity contribution in [3.05, 3.63) is 60.0 Å². The fraction of sp³-hybridized carbons (Fsp3) is 0.261. The molecule has 0 saturated heterocycles. The fourth-order valence-electron chi connectivity index (χ4n) is 3.15. The third-order valence-electron chi connectivity index (χ3n) is 5.11. The Balaban J connectivity index is 0.00000324. The van der Waals surface area contributed by atoms with Crippen molar-refractivity contribution in [3.8, 4) is 34.4 Å². The van der Waals surface area contributed by atoms with E-state index in [4.69, 9.17) is 4.42 Å². The van der Waals surface area contributed by atoms with Crippen molar-refractivity contribution in [2.24, 2.45) is 0 Å². The second-order valence-corrected chi connectivity index (χ2v) is 10.3. The van der Waals surface area contributed by atoms with Crippen LogP contribution in [-0.2, 0) is 16.4 Å². The van der Waals surface area contributed by atoms with Crippen LogP contribution in [0.25, 0.3) is 34.4 Å². The third kappa shape index (κ3) is 4.67. The van der Waals surface area contributed by atoms with Crippen LogP contribution >= 0.6 is 0 Å². The van der Waals surface area contributed by atoms with Gasteiger partial charge in [0, 0.05) is 19.7 Å². The highest BCUT2D eigenvalue weighted by Crippen LogP contribution is 2.27. The average Bonchev–Trinajstić information content (AvgIpc) is 3.30. The molecule has 0 amide bonds.